The van der Waals surface area contributed by atoms with E-state index in [0.717, 1.165) is 12.8 Å². The number of esters is 1. The molecule has 2 aliphatic carbocycles. The van der Waals surface area contributed by atoms with Crippen LogP contribution < -0.4 is 0 Å². The van der Waals surface area contributed by atoms with Crippen LogP contribution in [0.2, 0.25) is 0 Å². The Bertz CT molecular complexity index is 129. The Morgan fingerprint density at radius 2 is 2.00 bits per heavy atom. The molecule has 0 aliphatic heterocycles. The molecule has 2 heteroatoms. The quantitative estimate of drug-likeness (QED) is 0.555. The number of rotatable bonds is 3. The third kappa shape index (κ3) is 1.72. The van der Waals surface area contributed by atoms with Crippen molar-refractivity contribution in [1.29, 1.82) is 0 Å². The maximum absolute atomic E-state index is 10.9. The normalized spacial score (nSPS) is 24.4. The van der Waals surface area contributed by atoms with Crippen LogP contribution >= 0.6 is 0 Å². The maximum Gasteiger partial charge on any atom is 0.306 e. The van der Waals surface area contributed by atoms with Crippen molar-refractivity contribution in [3.8, 4) is 0 Å². The summed E-state index contributed by atoms with van der Waals surface area (Å²) in [7, 11) is 0. The summed E-state index contributed by atoms with van der Waals surface area (Å²) in [4.78, 5) is 10.9. The molecule has 0 bridgehead atoms. The van der Waals surface area contributed by atoms with E-state index in [1.54, 1.807) is 0 Å². The largest absolute Gasteiger partial charge is 0.462 e. The van der Waals surface area contributed by atoms with Gasteiger partial charge in [0.25, 0.3) is 0 Å². The van der Waals surface area contributed by atoms with E-state index >= 15 is 0 Å². The lowest BCUT2D eigenvalue weighted by Crippen LogP contribution is -2.06. The fourth-order valence-corrected chi connectivity index (χ4v) is 0.978. The van der Waals surface area contributed by atoms with Gasteiger partial charge in [0.15, 0.2) is 0 Å². The van der Waals surface area contributed by atoms with Crippen molar-refractivity contribution in [2.24, 2.45) is 5.92 Å². The Kier molecular flexibility index (Phi) is 1.40. The molecule has 2 fully saturated rings. The van der Waals surface area contributed by atoms with Crippen molar-refractivity contribution in [1.82, 2.24) is 0 Å². The van der Waals surface area contributed by atoms with Crippen molar-refractivity contribution in [3.63, 3.8) is 0 Å². The standard InChI is InChI=1S/C8H12O2/c9-8(5-6-1-2-6)10-7-3-4-7/h6-7H,1-5H2. The van der Waals surface area contributed by atoms with Crippen LogP contribution in [0, 0.1) is 5.92 Å². The highest BCUT2D eigenvalue weighted by atomic mass is 16.5. The average Bonchev–Trinajstić information content (AvgIpc) is 2.59. The molecule has 10 heavy (non-hydrogen) atoms. The molecule has 0 unspecified atom stereocenters. The highest BCUT2D eigenvalue weighted by molar-refractivity contribution is 5.70. The molecule has 2 nitrogen and oxygen atoms in total. The number of hydrogen-bond donors (Lipinski definition) is 0. The second-order valence-electron chi connectivity index (χ2n) is 3.34. The Labute approximate surface area is 60.6 Å². The van der Waals surface area contributed by atoms with E-state index in [1.807, 2.05) is 0 Å². The van der Waals surface area contributed by atoms with Gasteiger partial charge in [-0.25, -0.2) is 0 Å². The summed E-state index contributed by atoms with van der Waals surface area (Å²) in [6.07, 6.45) is 5.63. The maximum atomic E-state index is 10.9. The SMILES string of the molecule is O=C(CC1CC1)OC1CC1. The third-order valence-electron chi connectivity index (χ3n) is 1.97. The average molecular weight is 140 g/mol. The van der Waals surface area contributed by atoms with Gasteiger partial charge in [0.1, 0.15) is 6.10 Å². The van der Waals surface area contributed by atoms with Gasteiger partial charge in [0.2, 0.25) is 0 Å². The fraction of sp³-hybridized carbons (Fsp3) is 0.875. The second-order valence-corrected chi connectivity index (χ2v) is 3.34. The molecule has 0 aromatic carbocycles. The topological polar surface area (TPSA) is 26.3 Å². The number of carbonyl (C=O) groups excluding carboxylic acids is 1. The van der Waals surface area contributed by atoms with Crippen molar-refractivity contribution in [2.75, 3.05) is 0 Å². The molecule has 0 amide bonds. The first-order chi connectivity index (χ1) is 4.84. The van der Waals surface area contributed by atoms with Crippen LogP contribution in [-0.2, 0) is 9.53 Å². The lowest BCUT2D eigenvalue weighted by Gasteiger charge is -1.99. The molecule has 0 aromatic rings. The summed E-state index contributed by atoms with van der Waals surface area (Å²) in [5, 5.41) is 0. The highest BCUT2D eigenvalue weighted by Crippen LogP contribution is 2.33. The molecule has 0 saturated heterocycles. The minimum atomic E-state index is 0.0324. The van der Waals surface area contributed by atoms with Gasteiger partial charge < -0.3 is 4.74 Å². The minimum absolute atomic E-state index is 0.0324. The van der Waals surface area contributed by atoms with Crippen LogP contribution in [0.4, 0.5) is 0 Å². The fourth-order valence-electron chi connectivity index (χ4n) is 0.978. The van der Waals surface area contributed by atoms with Gasteiger partial charge in [0, 0.05) is 6.42 Å². The van der Waals surface area contributed by atoms with E-state index < -0.39 is 0 Å². The molecular formula is C8H12O2. The van der Waals surface area contributed by atoms with Crippen molar-refractivity contribution < 1.29 is 9.53 Å². The molecule has 2 saturated carbocycles. The molecule has 0 radical (unpaired) electrons. The lowest BCUT2D eigenvalue weighted by molar-refractivity contribution is -0.145. The van der Waals surface area contributed by atoms with Gasteiger partial charge in [-0.3, -0.25) is 4.79 Å². The van der Waals surface area contributed by atoms with E-state index in [0.29, 0.717) is 18.4 Å². The highest BCUT2D eigenvalue weighted by Gasteiger charge is 2.30. The first-order valence-electron chi connectivity index (χ1n) is 4.04. The van der Waals surface area contributed by atoms with E-state index in [-0.39, 0.29) is 5.97 Å². The van der Waals surface area contributed by atoms with Crippen LogP contribution in [0.5, 0.6) is 0 Å². The monoisotopic (exact) mass is 140 g/mol. The van der Waals surface area contributed by atoms with Gasteiger partial charge in [-0.15, -0.1) is 0 Å². The second kappa shape index (κ2) is 2.26. The summed E-state index contributed by atoms with van der Waals surface area (Å²) in [6, 6.07) is 0. The van der Waals surface area contributed by atoms with Crippen LogP contribution in [0.3, 0.4) is 0 Å². The summed E-state index contributed by atoms with van der Waals surface area (Å²) < 4.78 is 5.07. The van der Waals surface area contributed by atoms with E-state index in [4.69, 9.17) is 4.74 Å². The molecule has 2 aliphatic rings. The summed E-state index contributed by atoms with van der Waals surface area (Å²) in [5.74, 6) is 0.705. The van der Waals surface area contributed by atoms with Gasteiger partial charge in [0.05, 0.1) is 0 Å². The van der Waals surface area contributed by atoms with E-state index in [9.17, 15) is 4.79 Å². The number of carbonyl (C=O) groups is 1. The zero-order valence-corrected chi connectivity index (χ0v) is 6.01. The molecule has 56 valence electrons. The first-order valence-corrected chi connectivity index (χ1v) is 4.04. The van der Waals surface area contributed by atoms with E-state index in [1.165, 1.54) is 12.8 Å². The smallest absolute Gasteiger partial charge is 0.306 e. The van der Waals surface area contributed by atoms with Gasteiger partial charge in [-0.1, -0.05) is 0 Å². The van der Waals surface area contributed by atoms with Crippen molar-refractivity contribution >= 4 is 5.97 Å². The molecule has 0 aromatic heterocycles. The molecule has 0 spiro atoms. The predicted octanol–water partition coefficient (Wildman–Crippen LogP) is 1.49. The Morgan fingerprint density at radius 1 is 1.30 bits per heavy atom. The minimum Gasteiger partial charge on any atom is -0.462 e. The molecule has 0 atom stereocenters. The van der Waals surface area contributed by atoms with Gasteiger partial charge >= 0.3 is 5.97 Å². The lowest BCUT2D eigenvalue weighted by atomic mass is 10.3. The summed E-state index contributed by atoms with van der Waals surface area (Å²) in [6.45, 7) is 0. The summed E-state index contributed by atoms with van der Waals surface area (Å²) >= 11 is 0. The molecule has 2 rings (SSSR count). The Hall–Kier alpha value is -0.530. The van der Waals surface area contributed by atoms with Crippen LogP contribution in [0.25, 0.3) is 0 Å². The first kappa shape index (κ1) is 6.20. The predicted molar refractivity (Wildman–Crippen MR) is 36.5 cm³/mol. The number of hydrogen-bond acceptors (Lipinski definition) is 2. The van der Waals surface area contributed by atoms with Crippen LogP contribution in [0.15, 0.2) is 0 Å². The summed E-state index contributed by atoms with van der Waals surface area (Å²) in [5.41, 5.74) is 0. The zero-order chi connectivity index (χ0) is 6.97. The molecule has 0 N–H and O–H groups in total. The number of ether oxygens (including phenoxy) is 1. The molecule has 0 heterocycles. The third-order valence-corrected chi connectivity index (χ3v) is 1.97. The molecular weight excluding hydrogens is 128 g/mol. The van der Waals surface area contributed by atoms with Crippen molar-refractivity contribution in [3.05, 3.63) is 0 Å². The van der Waals surface area contributed by atoms with Gasteiger partial charge in [-0.2, -0.15) is 0 Å². The zero-order valence-electron chi connectivity index (χ0n) is 6.01. The Balaban J connectivity index is 1.64. The van der Waals surface area contributed by atoms with Crippen LogP contribution in [-0.4, -0.2) is 12.1 Å². The Morgan fingerprint density at radius 3 is 2.50 bits per heavy atom. The van der Waals surface area contributed by atoms with Crippen LogP contribution in [0.1, 0.15) is 32.1 Å². The van der Waals surface area contributed by atoms with Gasteiger partial charge in [-0.05, 0) is 31.6 Å². The van der Waals surface area contributed by atoms with Crippen molar-refractivity contribution in [2.45, 2.75) is 38.2 Å². The van der Waals surface area contributed by atoms with E-state index in [2.05, 4.69) is 0 Å².